The third-order valence-corrected chi connectivity index (χ3v) is 7.04. The molecule has 6 heteroatoms. The Morgan fingerprint density at radius 1 is 0.875 bits per heavy atom. The normalized spacial score (nSPS) is 21.4. The van der Waals surface area contributed by atoms with Crippen molar-refractivity contribution in [2.75, 3.05) is 0 Å². The third-order valence-electron chi connectivity index (χ3n) is 7.04. The van der Waals surface area contributed by atoms with Gasteiger partial charge in [0.05, 0.1) is 0 Å². The molecule has 2 aromatic rings. The summed E-state index contributed by atoms with van der Waals surface area (Å²) >= 11 is 0. The van der Waals surface area contributed by atoms with Gasteiger partial charge in [0.2, 0.25) is 11.8 Å². The summed E-state index contributed by atoms with van der Waals surface area (Å²) in [6, 6.07) is 12.4. The van der Waals surface area contributed by atoms with Gasteiger partial charge in [-0.25, -0.2) is 0 Å². The van der Waals surface area contributed by atoms with E-state index >= 15 is 0 Å². The smallest absolute Gasteiger partial charge is 0.255 e. The highest BCUT2D eigenvalue weighted by Gasteiger charge is 2.39. The Morgan fingerprint density at radius 2 is 1.59 bits per heavy atom. The molecule has 0 aromatic heterocycles. The third kappa shape index (κ3) is 3.74. The van der Waals surface area contributed by atoms with Crippen LogP contribution >= 0.6 is 0 Å². The largest absolute Gasteiger partial charge is 0.322 e. The van der Waals surface area contributed by atoms with Gasteiger partial charge >= 0.3 is 0 Å². The summed E-state index contributed by atoms with van der Waals surface area (Å²) in [6.07, 6.45) is 6.84. The molecule has 1 unspecified atom stereocenters. The number of carbonyl (C=O) groups is 4. The van der Waals surface area contributed by atoms with Gasteiger partial charge in [-0.1, -0.05) is 49.6 Å². The van der Waals surface area contributed by atoms with Gasteiger partial charge in [-0.15, -0.1) is 0 Å². The van der Waals surface area contributed by atoms with Gasteiger partial charge in [0, 0.05) is 29.7 Å². The number of ketones is 1. The van der Waals surface area contributed by atoms with Gasteiger partial charge in [-0.05, 0) is 48.4 Å². The molecule has 5 rings (SSSR count). The zero-order valence-corrected chi connectivity index (χ0v) is 17.9. The second-order valence-corrected chi connectivity index (χ2v) is 9.06. The highest BCUT2D eigenvalue weighted by molar-refractivity contribution is 6.10. The van der Waals surface area contributed by atoms with E-state index in [1.807, 2.05) is 12.1 Å². The molecular weight excluding hydrogens is 404 g/mol. The number of rotatable bonds is 4. The van der Waals surface area contributed by atoms with Crippen LogP contribution in [0, 0.1) is 0 Å². The van der Waals surface area contributed by atoms with Gasteiger partial charge in [-0.3, -0.25) is 24.5 Å². The number of hydrogen-bond donors (Lipinski definition) is 1. The number of fused-ring (bicyclic) bond motifs is 1. The molecule has 1 N–H and O–H groups in total. The first-order valence-electron chi connectivity index (χ1n) is 11.4. The monoisotopic (exact) mass is 430 g/mol. The molecule has 164 valence electrons. The Hall–Kier alpha value is -3.28. The van der Waals surface area contributed by atoms with E-state index in [1.54, 1.807) is 18.2 Å². The lowest BCUT2D eigenvalue weighted by Crippen LogP contribution is -2.52. The second kappa shape index (κ2) is 8.34. The molecule has 3 aliphatic rings. The molecular formula is C26H26N2O4. The molecule has 2 heterocycles. The molecule has 2 aromatic carbocycles. The van der Waals surface area contributed by atoms with Crippen molar-refractivity contribution in [2.45, 2.75) is 63.5 Å². The molecule has 2 aliphatic heterocycles. The molecule has 1 saturated heterocycles. The SMILES string of the molecule is O=C1CCC(N2Cc3cc(C(=O)c4ccc(C5CCCCC5)cc4)ccc3C2=O)C(=O)N1. The molecule has 0 bridgehead atoms. The lowest BCUT2D eigenvalue weighted by Gasteiger charge is -2.29. The van der Waals surface area contributed by atoms with E-state index in [9.17, 15) is 19.2 Å². The highest BCUT2D eigenvalue weighted by atomic mass is 16.2. The Morgan fingerprint density at radius 3 is 2.31 bits per heavy atom. The van der Waals surface area contributed by atoms with Crippen LogP contribution in [-0.4, -0.2) is 34.4 Å². The van der Waals surface area contributed by atoms with Crippen LogP contribution < -0.4 is 5.32 Å². The number of piperidine rings is 1. The van der Waals surface area contributed by atoms with Crippen LogP contribution in [0.5, 0.6) is 0 Å². The Kier molecular flexibility index (Phi) is 5.37. The van der Waals surface area contributed by atoms with Crippen molar-refractivity contribution in [1.82, 2.24) is 10.2 Å². The van der Waals surface area contributed by atoms with Crippen molar-refractivity contribution < 1.29 is 19.2 Å². The molecule has 6 nitrogen and oxygen atoms in total. The lowest BCUT2D eigenvalue weighted by molar-refractivity contribution is -0.136. The van der Waals surface area contributed by atoms with Crippen LogP contribution in [0.1, 0.15) is 88.3 Å². The summed E-state index contributed by atoms with van der Waals surface area (Å²) in [4.78, 5) is 51.1. The molecule has 3 amide bonds. The number of imide groups is 1. The number of amides is 3. The van der Waals surface area contributed by atoms with Crippen molar-refractivity contribution in [1.29, 1.82) is 0 Å². The first-order chi connectivity index (χ1) is 15.5. The van der Waals surface area contributed by atoms with Gasteiger partial charge in [-0.2, -0.15) is 0 Å². The maximum atomic E-state index is 13.1. The van der Waals surface area contributed by atoms with E-state index in [-0.39, 0.29) is 30.6 Å². The average molecular weight is 431 g/mol. The predicted molar refractivity (Wildman–Crippen MR) is 118 cm³/mol. The van der Waals surface area contributed by atoms with Gasteiger partial charge < -0.3 is 4.90 Å². The Labute approximate surface area is 187 Å². The lowest BCUT2D eigenvalue weighted by atomic mass is 9.83. The summed E-state index contributed by atoms with van der Waals surface area (Å²) in [5.41, 5.74) is 3.73. The molecule has 1 atom stereocenters. The summed E-state index contributed by atoms with van der Waals surface area (Å²) in [5.74, 6) is -0.452. The van der Waals surface area contributed by atoms with Gasteiger partial charge in [0.15, 0.2) is 5.78 Å². The van der Waals surface area contributed by atoms with Gasteiger partial charge in [0.25, 0.3) is 5.91 Å². The predicted octanol–water partition coefficient (Wildman–Crippen LogP) is 3.73. The number of benzene rings is 2. The highest BCUT2D eigenvalue weighted by Crippen LogP contribution is 2.33. The molecule has 1 saturated carbocycles. The maximum Gasteiger partial charge on any atom is 0.255 e. The summed E-state index contributed by atoms with van der Waals surface area (Å²) in [7, 11) is 0. The standard InChI is InChI=1S/C26H26N2O4/c29-23-13-12-22(25(31)27-23)28-15-20-14-19(10-11-21(20)26(28)32)24(30)18-8-6-17(7-9-18)16-4-2-1-3-5-16/h6-11,14,16,22H,1-5,12-13,15H2,(H,27,29,31). The number of nitrogens with one attached hydrogen (secondary N) is 1. The van der Waals surface area contributed by atoms with Crippen LogP contribution in [0.2, 0.25) is 0 Å². The zero-order chi connectivity index (χ0) is 22.2. The van der Waals surface area contributed by atoms with Crippen LogP contribution in [0.3, 0.4) is 0 Å². The molecule has 2 fully saturated rings. The summed E-state index contributed by atoms with van der Waals surface area (Å²) < 4.78 is 0. The fourth-order valence-electron chi connectivity index (χ4n) is 5.22. The molecule has 32 heavy (non-hydrogen) atoms. The van der Waals surface area contributed by atoms with E-state index in [1.165, 1.54) is 42.6 Å². The fourth-order valence-corrected chi connectivity index (χ4v) is 5.22. The maximum absolute atomic E-state index is 13.1. The van der Waals surface area contributed by atoms with E-state index in [2.05, 4.69) is 17.4 Å². The van der Waals surface area contributed by atoms with E-state index < -0.39 is 11.9 Å². The van der Waals surface area contributed by atoms with Crippen LogP contribution in [0.4, 0.5) is 0 Å². The van der Waals surface area contributed by atoms with Crippen LogP contribution in [0.15, 0.2) is 42.5 Å². The Bertz CT molecular complexity index is 1100. The van der Waals surface area contributed by atoms with Crippen molar-refractivity contribution in [3.8, 4) is 0 Å². The number of carbonyl (C=O) groups excluding carboxylic acids is 4. The first kappa shape index (κ1) is 20.6. The van der Waals surface area contributed by atoms with Crippen LogP contribution in [0.25, 0.3) is 0 Å². The van der Waals surface area contributed by atoms with Crippen molar-refractivity contribution >= 4 is 23.5 Å². The second-order valence-electron chi connectivity index (χ2n) is 9.06. The first-order valence-corrected chi connectivity index (χ1v) is 11.4. The zero-order valence-electron chi connectivity index (χ0n) is 17.9. The average Bonchev–Trinajstić information content (AvgIpc) is 3.15. The topological polar surface area (TPSA) is 83.6 Å². The van der Waals surface area contributed by atoms with Crippen molar-refractivity contribution in [2.24, 2.45) is 0 Å². The van der Waals surface area contributed by atoms with E-state index in [0.717, 1.165) is 5.56 Å². The van der Waals surface area contributed by atoms with Crippen LogP contribution in [-0.2, 0) is 16.1 Å². The Balaban J connectivity index is 1.33. The number of hydrogen-bond acceptors (Lipinski definition) is 4. The summed E-state index contributed by atoms with van der Waals surface area (Å²) in [5, 5.41) is 2.31. The van der Waals surface area contributed by atoms with Gasteiger partial charge in [0.1, 0.15) is 6.04 Å². The van der Waals surface area contributed by atoms with Crippen molar-refractivity contribution in [3.63, 3.8) is 0 Å². The number of nitrogens with zero attached hydrogens (tertiary/aromatic N) is 1. The minimum absolute atomic E-state index is 0.0742. The minimum atomic E-state index is -0.654. The quantitative estimate of drug-likeness (QED) is 0.592. The summed E-state index contributed by atoms with van der Waals surface area (Å²) in [6.45, 7) is 0.266. The molecule has 0 radical (unpaired) electrons. The minimum Gasteiger partial charge on any atom is -0.322 e. The van der Waals surface area contributed by atoms with Crippen molar-refractivity contribution in [3.05, 3.63) is 70.3 Å². The van der Waals surface area contributed by atoms with E-state index in [4.69, 9.17) is 0 Å². The van der Waals surface area contributed by atoms with E-state index in [0.29, 0.717) is 29.0 Å². The molecule has 0 spiro atoms. The molecule has 1 aliphatic carbocycles. The fraction of sp³-hybridized carbons (Fsp3) is 0.385.